The van der Waals surface area contributed by atoms with Crippen molar-refractivity contribution in [1.29, 1.82) is 0 Å². The summed E-state index contributed by atoms with van der Waals surface area (Å²) < 4.78 is 5.86. The number of aromatic nitrogens is 3. The minimum absolute atomic E-state index is 0.0384. The van der Waals surface area contributed by atoms with Crippen molar-refractivity contribution in [1.82, 2.24) is 15.0 Å². The molecule has 0 fully saturated rings. The van der Waals surface area contributed by atoms with E-state index in [1.807, 2.05) is 24.3 Å². The van der Waals surface area contributed by atoms with Crippen molar-refractivity contribution in [2.45, 2.75) is 32.8 Å². The first kappa shape index (κ1) is 19.6. The molecular formula is C24H24N4O2. The number of aromatic amines is 1. The number of fused-ring (bicyclic) bond motifs is 1. The molecule has 0 aliphatic rings. The second-order valence-corrected chi connectivity index (χ2v) is 8.18. The van der Waals surface area contributed by atoms with E-state index >= 15 is 0 Å². The van der Waals surface area contributed by atoms with Crippen LogP contribution in [0.2, 0.25) is 0 Å². The predicted molar refractivity (Wildman–Crippen MR) is 118 cm³/mol. The van der Waals surface area contributed by atoms with Crippen molar-refractivity contribution in [3.05, 3.63) is 83.9 Å². The van der Waals surface area contributed by atoms with Crippen LogP contribution in [-0.2, 0) is 12.0 Å². The Morgan fingerprint density at radius 3 is 2.63 bits per heavy atom. The van der Waals surface area contributed by atoms with Crippen molar-refractivity contribution < 1.29 is 9.53 Å². The third-order valence-corrected chi connectivity index (χ3v) is 4.88. The highest BCUT2D eigenvalue weighted by molar-refractivity contribution is 6.06. The Balaban J connectivity index is 1.52. The quantitative estimate of drug-likeness (QED) is 0.489. The van der Waals surface area contributed by atoms with Crippen molar-refractivity contribution in [2.24, 2.45) is 0 Å². The number of anilines is 1. The number of benzene rings is 1. The minimum atomic E-state index is -0.268. The highest BCUT2D eigenvalue weighted by Gasteiger charge is 2.17. The Bertz CT molecular complexity index is 1180. The van der Waals surface area contributed by atoms with E-state index in [1.54, 1.807) is 30.7 Å². The van der Waals surface area contributed by atoms with Gasteiger partial charge in [-0.25, -0.2) is 4.98 Å². The van der Waals surface area contributed by atoms with Crippen LogP contribution in [0.25, 0.3) is 10.9 Å². The summed E-state index contributed by atoms with van der Waals surface area (Å²) in [5.41, 5.74) is 3.64. The second kappa shape index (κ2) is 7.99. The summed E-state index contributed by atoms with van der Waals surface area (Å²) in [6, 6.07) is 15.4. The predicted octanol–water partition coefficient (Wildman–Crippen LogP) is 5.09. The lowest BCUT2D eigenvalue weighted by molar-refractivity contribution is 0.102. The minimum Gasteiger partial charge on any atom is -0.485 e. The molecule has 0 unspecified atom stereocenters. The van der Waals surface area contributed by atoms with Gasteiger partial charge in [-0.1, -0.05) is 32.9 Å². The van der Waals surface area contributed by atoms with Gasteiger partial charge in [0.1, 0.15) is 12.3 Å². The Hall–Kier alpha value is -3.67. The van der Waals surface area contributed by atoms with Crippen LogP contribution in [0.4, 0.5) is 5.82 Å². The highest BCUT2D eigenvalue weighted by Crippen LogP contribution is 2.27. The molecule has 0 spiro atoms. The SMILES string of the molecule is CC(C)(C)c1ccc2cc(C(=O)Nc3ncccc3OCc3ccncc3)[nH]c2c1. The summed E-state index contributed by atoms with van der Waals surface area (Å²) in [6.07, 6.45) is 5.05. The zero-order valence-corrected chi connectivity index (χ0v) is 17.3. The molecule has 30 heavy (non-hydrogen) atoms. The molecule has 0 aliphatic heterocycles. The van der Waals surface area contributed by atoms with Crippen LogP contribution >= 0.6 is 0 Å². The van der Waals surface area contributed by atoms with E-state index < -0.39 is 0 Å². The Morgan fingerprint density at radius 2 is 1.87 bits per heavy atom. The summed E-state index contributed by atoms with van der Waals surface area (Å²) >= 11 is 0. The molecule has 1 aromatic carbocycles. The van der Waals surface area contributed by atoms with Crippen LogP contribution in [0.5, 0.6) is 5.75 Å². The van der Waals surface area contributed by atoms with E-state index in [0.29, 0.717) is 23.9 Å². The van der Waals surface area contributed by atoms with E-state index in [0.717, 1.165) is 16.5 Å². The number of carbonyl (C=O) groups excluding carboxylic acids is 1. The molecule has 4 rings (SSSR count). The summed E-state index contributed by atoms with van der Waals surface area (Å²) in [6.45, 7) is 6.86. The fraction of sp³-hybridized carbons (Fsp3) is 0.208. The zero-order valence-electron chi connectivity index (χ0n) is 17.3. The van der Waals surface area contributed by atoms with Crippen LogP contribution in [0.1, 0.15) is 42.4 Å². The van der Waals surface area contributed by atoms with Gasteiger partial charge in [-0.2, -0.15) is 0 Å². The number of amides is 1. The summed E-state index contributed by atoms with van der Waals surface area (Å²) in [4.78, 5) is 24.3. The molecule has 0 aliphatic carbocycles. The Morgan fingerprint density at radius 1 is 1.07 bits per heavy atom. The van der Waals surface area contributed by atoms with Crippen molar-refractivity contribution in [3.63, 3.8) is 0 Å². The summed E-state index contributed by atoms with van der Waals surface area (Å²) in [5.74, 6) is 0.621. The van der Waals surface area contributed by atoms with Gasteiger partial charge in [0, 0.05) is 29.5 Å². The van der Waals surface area contributed by atoms with E-state index in [1.165, 1.54) is 5.56 Å². The Labute approximate surface area is 175 Å². The average molecular weight is 400 g/mol. The molecule has 4 aromatic rings. The highest BCUT2D eigenvalue weighted by atomic mass is 16.5. The molecule has 6 heteroatoms. The number of pyridine rings is 2. The molecule has 3 heterocycles. The number of ether oxygens (including phenoxy) is 1. The molecule has 0 saturated heterocycles. The molecule has 0 radical (unpaired) electrons. The van der Waals surface area contributed by atoms with Gasteiger partial charge in [0.05, 0.1) is 0 Å². The maximum absolute atomic E-state index is 12.8. The lowest BCUT2D eigenvalue weighted by Gasteiger charge is -2.18. The van der Waals surface area contributed by atoms with Gasteiger partial charge in [-0.15, -0.1) is 0 Å². The van der Waals surface area contributed by atoms with Crippen LogP contribution in [-0.4, -0.2) is 20.9 Å². The van der Waals surface area contributed by atoms with Crippen LogP contribution < -0.4 is 10.1 Å². The fourth-order valence-electron chi connectivity index (χ4n) is 3.13. The van der Waals surface area contributed by atoms with E-state index in [2.05, 4.69) is 53.2 Å². The first-order valence-electron chi connectivity index (χ1n) is 9.81. The largest absolute Gasteiger partial charge is 0.485 e. The average Bonchev–Trinajstić information content (AvgIpc) is 3.17. The topological polar surface area (TPSA) is 79.9 Å². The van der Waals surface area contributed by atoms with Gasteiger partial charge in [-0.05, 0) is 52.9 Å². The number of rotatable bonds is 5. The lowest BCUT2D eigenvalue weighted by atomic mass is 9.87. The number of nitrogens with one attached hydrogen (secondary N) is 2. The third-order valence-electron chi connectivity index (χ3n) is 4.88. The van der Waals surface area contributed by atoms with Gasteiger partial charge < -0.3 is 15.0 Å². The van der Waals surface area contributed by atoms with Gasteiger partial charge >= 0.3 is 0 Å². The molecule has 0 saturated carbocycles. The zero-order chi connectivity index (χ0) is 21.1. The van der Waals surface area contributed by atoms with Crippen LogP contribution in [0.15, 0.2) is 67.1 Å². The second-order valence-electron chi connectivity index (χ2n) is 8.18. The molecular weight excluding hydrogens is 376 g/mol. The number of H-pyrrole nitrogens is 1. The summed E-state index contributed by atoms with van der Waals surface area (Å²) in [5, 5.41) is 3.84. The molecule has 3 aromatic heterocycles. The normalized spacial score (nSPS) is 11.4. The maximum Gasteiger partial charge on any atom is 0.273 e. The van der Waals surface area contributed by atoms with E-state index in [4.69, 9.17) is 4.74 Å². The number of hydrogen-bond acceptors (Lipinski definition) is 4. The van der Waals surface area contributed by atoms with Crippen molar-refractivity contribution in [3.8, 4) is 5.75 Å². The summed E-state index contributed by atoms with van der Waals surface area (Å²) in [7, 11) is 0. The maximum atomic E-state index is 12.8. The van der Waals surface area contributed by atoms with E-state index in [9.17, 15) is 4.79 Å². The first-order valence-corrected chi connectivity index (χ1v) is 9.81. The fourth-order valence-corrected chi connectivity index (χ4v) is 3.13. The van der Waals surface area contributed by atoms with Crippen molar-refractivity contribution in [2.75, 3.05) is 5.32 Å². The lowest BCUT2D eigenvalue weighted by Crippen LogP contribution is -2.14. The molecule has 152 valence electrons. The number of carbonyl (C=O) groups is 1. The third kappa shape index (κ3) is 4.33. The van der Waals surface area contributed by atoms with Gasteiger partial charge in [0.2, 0.25) is 0 Å². The molecule has 1 amide bonds. The standard InChI is InChI=1S/C24H24N4O2/c1-24(2,3)18-7-6-17-13-20(27-19(17)14-18)23(29)28-22-21(5-4-10-26-22)30-15-16-8-11-25-12-9-16/h4-14,27H,15H2,1-3H3,(H,26,28,29). The van der Waals surface area contributed by atoms with Gasteiger partial charge in [-0.3, -0.25) is 9.78 Å². The van der Waals surface area contributed by atoms with Gasteiger partial charge in [0.25, 0.3) is 5.91 Å². The number of nitrogens with zero attached hydrogens (tertiary/aromatic N) is 2. The molecule has 6 nitrogen and oxygen atoms in total. The molecule has 0 atom stereocenters. The first-order chi connectivity index (χ1) is 14.4. The monoisotopic (exact) mass is 400 g/mol. The van der Waals surface area contributed by atoms with Crippen molar-refractivity contribution >= 4 is 22.6 Å². The van der Waals surface area contributed by atoms with E-state index in [-0.39, 0.29) is 11.3 Å². The van der Waals surface area contributed by atoms with Crippen LogP contribution in [0, 0.1) is 0 Å². The molecule has 2 N–H and O–H groups in total. The van der Waals surface area contributed by atoms with Gasteiger partial charge in [0.15, 0.2) is 11.6 Å². The Kier molecular flexibility index (Phi) is 5.23. The number of hydrogen-bond donors (Lipinski definition) is 2. The van der Waals surface area contributed by atoms with Crippen LogP contribution in [0.3, 0.4) is 0 Å². The molecule has 0 bridgehead atoms. The smallest absolute Gasteiger partial charge is 0.273 e.